The van der Waals surface area contributed by atoms with Gasteiger partial charge in [0.05, 0.1) is 15.5 Å². The number of hydrogen-bond donors (Lipinski definition) is 1. The zero-order chi connectivity index (χ0) is 18.0. The van der Waals surface area contributed by atoms with E-state index in [-0.39, 0.29) is 22.1 Å². The summed E-state index contributed by atoms with van der Waals surface area (Å²) in [5.74, 6) is 0.856. The van der Waals surface area contributed by atoms with Crippen LogP contribution in [0.1, 0.15) is 16.2 Å². The van der Waals surface area contributed by atoms with Gasteiger partial charge in [0, 0.05) is 30.6 Å². The number of non-ortho nitro benzene ring substituents is 1. The number of imidazole rings is 1. The van der Waals surface area contributed by atoms with Crippen LogP contribution in [-0.4, -0.2) is 30.3 Å². The van der Waals surface area contributed by atoms with Gasteiger partial charge in [0.15, 0.2) is 0 Å². The Hall–Kier alpha value is -3.33. The summed E-state index contributed by atoms with van der Waals surface area (Å²) in [6.45, 7) is 1.81. The van der Waals surface area contributed by atoms with E-state index in [2.05, 4.69) is 20.3 Å². The third-order valence-electron chi connectivity index (χ3n) is 3.37. The molecule has 0 aliphatic carbocycles. The Morgan fingerprint density at radius 3 is 2.76 bits per heavy atom. The Kier molecular flexibility index (Phi) is 4.40. The maximum Gasteiger partial charge on any atom is 0.270 e. The molecule has 3 aromatic rings. The molecule has 0 unspecified atom stereocenters. The molecule has 0 fully saturated rings. The lowest BCUT2D eigenvalue weighted by atomic mass is 10.2. The lowest BCUT2D eigenvalue weighted by Crippen LogP contribution is -2.14. The predicted octanol–water partition coefficient (Wildman–Crippen LogP) is 2.78. The van der Waals surface area contributed by atoms with Crippen LogP contribution in [0, 0.1) is 17.0 Å². The number of hydrogen-bond acceptors (Lipinski definition) is 6. The van der Waals surface area contributed by atoms with Gasteiger partial charge >= 0.3 is 0 Å². The number of aromatic nitrogens is 4. The number of nitro groups is 1. The Bertz CT molecular complexity index is 971. The number of rotatable bonds is 4. The second-order valence-corrected chi connectivity index (χ2v) is 5.39. The number of benzene rings is 1. The van der Waals surface area contributed by atoms with Gasteiger partial charge in [0.1, 0.15) is 23.8 Å². The van der Waals surface area contributed by atoms with Crippen molar-refractivity contribution in [2.45, 2.75) is 6.92 Å². The first-order valence-corrected chi connectivity index (χ1v) is 7.41. The Morgan fingerprint density at radius 2 is 2.08 bits per heavy atom. The number of nitrogens with one attached hydrogen (secondary N) is 1. The van der Waals surface area contributed by atoms with Crippen LogP contribution in [0.25, 0.3) is 5.82 Å². The minimum absolute atomic E-state index is 0.0187. The quantitative estimate of drug-likeness (QED) is 0.566. The van der Waals surface area contributed by atoms with Crippen LogP contribution < -0.4 is 5.32 Å². The highest BCUT2D eigenvalue weighted by molar-refractivity contribution is 6.34. The van der Waals surface area contributed by atoms with Crippen molar-refractivity contribution in [3.8, 4) is 5.82 Å². The minimum Gasteiger partial charge on any atom is -0.306 e. The molecule has 1 N–H and O–H groups in total. The van der Waals surface area contributed by atoms with Crippen LogP contribution in [0.3, 0.4) is 0 Å². The minimum atomic E-state index is -0.610. The van der Waals surface area contributed by atoms with Crippen molar-refractivity contribution >= 4 is 29.0 Å². The largest absolute Gasteiger partial charge is 0.306 e. The van der Waals surface area contributed by atoms with Gasteiger partial charge in [-0.15, -0.1) is 0 Å². The molecule has 0 radical (unpaired) electrons. The van der Waals surface area contributed by atoms with Gasteiger partial charge in [-0.05, 0) is 13.0 Å². The van der Waals surface area contributed by atoms with Crippen molar-refractivity contribution in [3.63, 3.8) is 0 Å². The maximum atomic E-state index is 12.4. The summed E-state index contributed by atoms with van der Waals surface area (Å²) in [5.41, 5.74) is -0.248. The highest BCUT2D eigenvalue weighted by Gasteiger charge is 2.17. The summed E-state index contributed by atoms with van der Waals surface area (Å²) < 4.78 is 1.72. The first-order chi connectivity index (χ1) is 12.0. The Morgan fingerprint density at radius 1 is 1.28 bits per heavy atom. The number of anilines is 1. The van der Waals surface area contributed by atoms with E-state index < -0.39 is 10.8 Å². The molecule has 0 atom stereocenters. The summed E-state index contributed by atoms with van der Waals surface area (Å²) in [6.07, 6.45) is 4.64. The zero-order valence-electron chi connectivity index (χ0n) is 12.9. The molecule has 0 aliphatic heterocycles. The summed E-state index contributed by atoms with van der Waals surface area (Å²) in [6, 6.07) is 5.19. The monoisotopic (exact) mass is 358 g/mol. The molecule has 10 heteroatoms. The van der Waals surface area contributed by atoms with Gasteiger partial charge in [0.25, 0.3) is 11.6 Å². The lowest BCUT2D eigenvalue weighted by Gasteiger charge is -2.08. The maximum absolute atomic E-state index is 12.4. The molecule has 0 saturated heterocycles. The molecule has 0 bridgehead atoms. The number of carbonyl (C=O) groups excluding carboxylic acids is 1. The fourth-order valence-electron chi connectivity index (χ4n) is 2.15. The first kappa shape index (κ1) is 16.5. The number of nitrogens with zero attached hydrogens (tertiary/aromatic N) is 5. The zero-order valence-corrected chi connectivity index (χ0v) is 13.6. The highest BCUT2D eigenvalue weighted by atomic mass is 35.5. The number of carbonyl (C=O) groups is 1. The highest BCUT2D eigenvalue weighted by Crippen LogP contribution is 2.23. The summed E-state index contributed by atoms with van der Waals surface area (Å²) >= 11 is 5.97. The van der Waals surface area contributed by atoms with E-state index in [9.17, 15) is 14.9 Å². The Labute approximate surface area is 146 Å². The number of amides is 1. The normalized spacial score (nSPS) is 10.5. The molecule has 0 spiro atoms. The van der Waals surface area contributed by atoms with Crippen LogP contribution in [0.2, 0.25) is 5.02 Å². The van der Waals surface area contributed by atoms with Gasteiger partial charge in [-0.3, -0.25) is 19.5 Å². The summed E-state index contributed by atoms with van der Waals surface area (Å²) in [7, 11) is 0. The summed E-state index contributed by atoms with van der Waals surface area (Å²) in [5, 5.41) is 13.5. The van der Waals surface area contributed by atoms with Crippen LogP contribution in [0.5, 0.6) is 0 Å². The molecular weight excluding hydrogens is 348 g/mol. The predicted molar refractivity (Wildman–Crippen MR) is 90.0 cm³/mol. The van der Waals surface area contributed by atoms with Crippen LogP contribution >= 0.6 is 11.6 Å². The first-order valence-electron chi connectivity index (χ1n) is 7.03. The third kappa shape index (κ3) is 3.45. The molecule has 0 aliphatic rings. The van der Waals surface area contributed by atoms with Crippen molar-refractivity contribution in [1.82, 2.24) is 19.5 Å². The number of nitro benzene ring substituents is 1. The lowest BCUT2D eigenvalue weighted by molar-refractivity contribution is -0.384. The molecule has 2 heterocycles. The molecule has 126 valence electrons. The standard InChI is InChI=1S/C15H11ClN6O3/c1-9-17-4-5-21(9)14-7-13(18-8-19-14)20-15(23)11-6-10(22(24)25)2-3-12(11)16/h2-8H,1H3,(H,18,19,20,23). The van der Waals surface area contributed by atoms with Crippen molar-refractivity contribution in [3.05, 3.63) is 69.5 Å². The van der Waals surface area contributed by atoms with E-state index in [1.165, 1.54) is 18.5 Å². The van der Waals surface area contributed by atoms with E-state index in [0.717, 1.165) is 11.9 Å². The molecule has 3 rings (SSSR count). The molecule has 25 heavy (non-hydrogen) atoms. The van der Waals surface area contributed by atoms with Crippen molar-refractivity contribution in [2.24, 2.45) is 0 Å². The second-order valence-electron chi connectivity index (χ2n) is 4.98. The van der Waals surface area contributed by atoms with E-state index in [1.807, 2.05) is 6.92 Å². The van der Waals surface area contributed by atoms with Crippen molar-refractivity contribution < 1.29 is 9.72 Å². The van der Waals surface area contributed by atoms with Crippen molar-refractivity contribution in [1.29, 1.82) is 0 Å². The van der Waals surface area contributed by atoms with Crippen molar-refractivity contribution in [2.75, 3.05) is 5.32 Å². The van der Waals surface area contributed by atoms with Crippen LogP contribution in [-0.2, 0) is 0 Å². The van der Waals surface area contributed by atoms with E-state index >= 15 is 0 Å². The molecule has 1 aromatic carbocycles. The number of aryl methyl sites for hydroxylation is 1. The van der Waals surface area contributed by atoms with Gasteiger partial charge in [0.2, 0.25) is 0 Å². The molecule has 2 aromatic heterocycles. The van der Waals surface area contributed by atoms with E-state index in [1.54, 1.807) is 23.0 Å². The average molecular weight is 359 g/mol. The third-order valence-corrected chi connectivity index (χ3v) is 3.70. The fraction of sp³-hybridized carbons (Fsp3) is 0.0667. The molecular formula is C15H11ClN6O3. The average Bonchev–Trinajstić information content (AvgIpc) is 3.01. The number of halogens is 1. The molecule has 1 amide bonds. The smallest absolute Gasteiger partial charge is 0.270 e. The van der Waals surface area contributed by atoms with Gasteiger partial charge in [-0.1, -0.05) is 11.6 Å². The second kappa shape index (κ2) is 6.65. The van der Waals surface area contributed by atoms with Gasteiger partial charge < -0.3 is 5.32 Å². The topological polar surface area (TPSA) is 116 Å². The van der Waals surface area contributed by atoms with Crippen LogP contribution in [0.15, 0.2) is 43.0 Å². The fourth-order valence-corrected chi connectivity index (χ4v) is 2.36. The van der Waals surface area contributed by atoms with E-state index in [0.29, 0.717) is 5.82 Å². The van der Waals surface area contributed by atoms with Gasteiger partial charge in [-0.2, -0.15) is 0 Å². The van der Waals surface area contributed by atoms with Crippen LogP contribution in [0.4, 0.5) is 11.5 Å². The molecule has 9 nitrogen and oxygen atoms in total. The van der Waals surface area contributed by atoms with Gasteiger partial charge in [-0.25, -0.2) is 15.0 Å². The summed E-state index contributed by atoms with van der Waals surface area (Å²) in [4.78, 5) is 34.8. The Balaban J connectivity index is 1.88. The van der Waals surface area contributed by atoms with E-state index in [4.69, 9.17) is 11.6 Å². The SMILES string of the molecule is Cc1nccn1-c1cc(NC(=O)c2cc([N+](=O)[O-])ccc2Cl)ncn1. The molecule has 0 saturated carbocycles.